The van der Waals surface area contributed by atoms with Crippen LogP contribution in [-0.2, 0) is 16.1 Å². The highest BCUT2D eigenvalue weighted by Crippen LogP contribution is 2.26. The number of aromatic nitrogens is 1. The largest absolute Gasteiger partial charge is 0.459 e. The zero-order valence-corrected chi connectivity index (χ0v) is 19.6. The summed E-state index contributed by atoms with van der Waals surface area (Å²) in [4.78, 5) is 46.0. The van der Waals surface area contributed by atoms with Gasteiger partial charge in [-0.15, -0.1) is 11.3 Å². The topological polar surface area (TPSA) is 105 Å². The van der Waals surface area contributed by atoms with Gasteiger partial charge in [-0.25, -0.2) is 0 Å². The van der Waals surface area contributed by atoms with Crippen molar-refractivity contribution in [3.8, 4) is 0 Å². The molecular formula is C25H28N4O4S. The van der Waals surface area contributed by atoms with Crippen LogP contribution in [0, 0.1) is 0 Å². The average molecular weight is 481 g/mol. The molecule has 0 saturated heterocycles. The van der Waals surface area contributed by atoms with Crippen LogP contribution in [0.2, 0.25) is 0 Å². The Balaban J connectivity index is 1.58. The van der Waals surface area contributed by atoms with E-state index in [4.69, 9.17) is 4.42 Å². The third kappa shape index (κ3) is 6.11. The smallest absolute Gasteiger partial charge is 0.287 e. The van der Waals surface area contributed by atoms with E-state index in [1.807, 2.05) is 17.5 Å². The Labute approximate surface area is 202 Å². The lowest BCUT2D eigenvalue weighted by Crippen LogP contribution is -2.49. The van der Waals surface area contributed by atoms with Crippen molar-refractivity contribution in [1.29, 1.82) is 0 Å². The van der Waals surface area contributed by atoms with Gasteiger partial charge in [0.05, 0.1) is 19.4 Å². The summed E-state index contributed by atoms with van der Waals surface area (Å²) in [5.41, 5.74) is 0.623. The van der Waals surface area contributed by atoms with Crippen molar-refractivity contribution in [3.63, 3.8) is 0 Å². The zero-order chi connectivity index (χ0) is 23.8. The Bertz CT molecular complexity index is 1060. The van der Waals surface area contributed by atoms with E-state index in [0.29, 0.717) is 5.56 Å². The minimum Gasteiger partial charge on any atom is -0.459 e. The highest BCUT2D eigenvalue weighted by atomic mass is 32.1. The Morgan fingerprint density at radius 3 is 2.65 bits per heavy atom. The fourth-order valence-corrected chi connectivity index (χ4v) is 4.89. The monoisotopic (exact) mass is 480 g/mol. The zero-order valence-electron chi connectivity index (χ0n) is 18.8. The van der Waals surface area contributed by atoms with Crippen molar-refractivity contribution in [2.75, 3.05) is 6.54 Å². The minimum absolute atomic E-state index is 0.0952. The Morgan fingerprint density at radius 2 is 1.97 bits per heavy atom. The van der Waals surface area contributed by atoms with Gasteiger partial charge >= 0.3 is 0 Å². The van der Waals surface area contributed by atoms with E-state index in [1.54, 1.807) is 30.6 Å². The van der Waals surface area contributed by atoms with Crippen molar-refractivity contribution < 1.29 is 18.8 Å². The van der Waals surface area contributed by atoms with Crippen LogP contribution in [0.15, 0.2) is 64.9 Å². The number of hydrogen-bond donors (Lipinski definition) is 2. The molecule has 34 heavy (non-hydrogen) atoms. The van der Waals surface area contributed by atoms with Gasteiger partial charge in [0, 0.05) is 28.9 Å². The number of nitrogens with zero attached hydrogens (tertiary/aromatic N) is 2. The van der Waals surface area contributed by atoms with Crippen LogP contribution in [0.5, 0.6) is 0 Å². The molecular weight excluding hydrogens is 452 g/mol. The number of carbonyl (C=O) groups is 3. The van der Waals surface area contributed by atoms with Gasteiger partial charge in [-0.2, -0.15) is 0 Å². The van der Waals surface area contributed by atoms with Crippen molar-refractivity contribution >= 4 is 29.1 Å². The molecule has 1 aliphatic carbocycles. The Kier molecular flexibility index (Phi) is 8.08. The molecule has 2 N–H and O–H groups in total. The maximum Gasteiger partial charge on any atom is 0.287 e. The molecule has 1 fully saturated rings. The van der Waals surface area contributed by atoms with Crippen LogP contribution >= 0.6 is 11.3 Å². The van der Waals surface area contributed by atoms with Crippen LogP contribution in [0.1, 0.15) is 59.1 Å². The first-order chi connectivity index (χ1) is 16.6. The highest BCUT2D eigenvalue weighted by molar-refractivity contribution is 7.09. The summed E-state index contributed by atoms with van der Waals surface area (Å²) in [6, 6.07) is 9.74. The molecule has 0 spiro atoms. The molecule has 3 heterocycles. The lowest BCUT2D eigenvalue weighted by Gasteiger charge is -2.33. The molecule has 1 atom stereocenters. The predicted molar refractivity (Wildman–Crippen MR) is 128 cm³/mol. The van der Waals surface area contributed by atoms with Crippen LogP contribution in [0.3, 0.4) is 0 Å². The number of thiophene rings is 1. The molecule has 3 amide bonds. The number of nitrogens with one attached hydrogen (secondary N) is 2. The third-order valence-corrected chi connectivity index (χ3v) is 6.74. The lowest BCUT2D eigenvalue weighted by molar-refractivity contribution is -0.141. The van der Waals surface area contributed by atoms with E-state index < -0.39 is 11.9 Å². The van der Waals surface area contributed by atoms with Crippen molar-refractivity contribution in [1.82, 2.24) is 20.5 Å². The van der Waals surface area contributed by atoms with Gasteiger partial charge in [0.1, 0.15) is 6.04 Å². The quantitative estimate of drug-likeness (QED) is 0.486. The maximum absolute atomic E-state index is 13.6. The maximum atomic E-state index is 13.6. The average Bonchev–Trinajstić information content (AvgIpc) is 3.58. The van der Waals surface area contributed by atoms with Crippen LogP contribution in [0.25, 0.3) is 0 Å². The lowest BCUT2D eigenvalue weighted by atomic mass is 9.95. The van der Waals surface area contributed by atoms with Gasteiger partial charge in [0.15, 0.2) is 5.76 Å². The first kappa shape index (κ1) is 23.7. The van der Waals surface area contributed by atoms with Crippen molar-refractivity contribution in [3.05, 3.63) is 76.6 Å². The van der Waals surface area contributed by atoms with Gasteiger partial charge in [-0.3, -0.25) is 19.4 Å². The van der Waals surface area contributed by atoms with E-state index in [2.05, 4.69) is 15.6 Å². The Morgan fingerprint density at radius 1 is 1.12 bits per heavy atom. The molecule has 0 radical (unpaired) electrons. The SMILES string of the molecule is O=C(NCC(=O)N(Cc1cccs1)[C@@H](C(=O)NC1CCCCC1)c1cccnc1)c1ccco1. The summed E-state index contributed by atoms with van der Waals surface area (Å²) in [7, 11) is 0. The number of furan rings is 1. The second-order valence-corrected chi connectivity index (χ2v) is 9.33. The van der Waals surface area contributed by atoms with E-state index in [0.717, 1.165) is 30.6 Å². The summed E-state index contributed by atoms with van der Waals surface area (Å²) in [5.74, 6) is -0.974. The molecule has 0 aliphatic heterocycles. The molecule has 3 aromatic rings. The van der Waals surface area contributed by atoms with Crippen LogP contribution < -0.4 is 10.6 Å². The summed E-state index contributed by atoms with van der Waals surface area (Å²) in [6.07, 6.45) is 9.85. The van der Waals surface area contributed by atoms with Crippen molar-refractivity contribution in [2.45, 2.75) is 50.7 Å². The molecule has 4 rings (SSSR count). The molecule has 178 valence electrons. The van der Waals surface area contributed by atoms with Gasteiger partial charge in [0.25, 0.3) is 5.91 Å². The van der Waals surface area contributed by atoms with Gasteiger partial charge < -0.3 is 20.0 Å². The predicted octanol–water partition coefficient (Wildman–Crippen LogP) is 3.68. The van der Waals surface area contributed by atoms with Crippen LogP contribution in [-0.4, -0.2) is 40.2 Å². The first-order valence-electron chi connectivity index (χ1n) is 11.5. The Hall–Kier alpha value is -3.46. The minimum atomic E-state index is -0.870. The van der Waals surface area contributed by atoms with Gasteiger partial charge in [-0.1, -0.05) is 31.4 Å². The molecule has 0 bridgehead atoms. The van der Waals surface area contributed by atoms with Crippen molar-refractivity contribution in [2.24, 2.45) is 0 Å². The fraction of sp³-hybridized carbons (Fsp3) is 0.360. The van der Waals surface area contributed by atoms with E-state index in [1.165, 1.54) is 35.0 Å². The fourth-order valence-electron chi connectivity index (χ4n) is 4.18. The second kappa shape index (κ2) is 11.6. The normalized spacial score (nSPS) is 14.8. The molecule has 9 heteroatoms. The van der Waals surface area contributed by atoms with Gasteiger partial charge in [0.2, 0.25) is 11.8 Å². The number of carbonyl (C=O) groups excluding carboxylic acids is 3. The molecule has 0 aromatic carbocycles. The third-order valence-electron chi connectivity index (χ3n) is 5.88. The standard InChI is InChI=1S/C25H28N4O4S/c30-22(16-27-24(31)21-11-5-13-33-21)29(17-20-10-6-14-34-20)23(18-7-4-12-26-15-18)25(32)28-19-8-2-1-3-9-19/h4-7,10-15,19,23H,1-3,8-9,16-17H2,(H,27,31)(H,28,32)/t23-/m1/s1. The molecule has 3 aromatic heterocycles. The number of rotatable bonds is 9. The summed E-state index contributed by atoms with van der Waals surface area (Å²) < 4.78 is 5.11. The molecule has 1 aliphatic rings. The van der Waals surface area contributed by atoms with E-state index in [-0.39, 0.29) is 36.7 Å². The molecule has 8 nitrogen and oxygen atoms in total. The van der Waals surface area contributed by atoms with E-state index >= 15 is 0 Å². The number of hydrogen-bond acceptors (Lipinski definition) is 6. The number of amides is 3. The van der Waals surface area contributed by atoms with E-state index in [9.17, 15) is 14.4 Å². The highest BCUT2D eigenvalue weighted by Gasteiger charge is 2.33. The number of pyridine rings is 1. The molecule has 1 saturated carbocycles. The first-order valence-corrected chi connectivity index (χ1v) is 12.3. The second-order valence-electron chi connectivity index (χ2n) is 8.29. The van der Waals surface area contributed by atoms with Gasteiger partial charge in [-0.05, 0) is 42.5 Å². The van der Waals surface area contributed by atoms with Crippen LogP contribution in [0.4, 0.5) is 0 Å². The summed E-state index contributed by atoms with van der Waals surface area (Å²) >= 11 is 1.51. The summed E-state index contributed by atoms with van der Waals surface area (Å²) in [5, 5.41) is 7.69. The molecule has 0 unspecified atom stereocenters. The summed E-state index contributed by atoms with van der Waals surface area (Å²) in [6.45, 7) is -0.0247.